The fraction of sp³-hybridized carbons (Fsp3) is 0.188. The van der Waals surface area contributed by atoms with Crippen LogP contribution in [-0.4, -0.2) is 14.5 Å². The fourth-order valence-corrected chi connectivity index (χ4v) is 2.54. The lowest BCUT2D eigenvalue weighted by molar-refractivity contribution is 0.282. The normalized spacial score (nSPS) is 11.2. The zero-order valence-corrected chi connectivity index (χ0v) is 11.9. The summed E-state index contributed by atoms with van der Waals surface area (Å²) in [6.45, 7) is 2.14. The number of halogens is 1. The van der Waals surface area contributed by atoms with E-state index in [1.165, 1.54) is 0 Å². The van der Waals surface area contributed by atoms with Gasteiger partial charge in [0.2, 0.25) is 0 Å². The molecular formula is C16H15ClN2O. The molecule has 3 nitrogen and oxygen atoms in total. The van der Waals surface area contributed by atoms with Crippen LogP contribution in [0.3, 0.4) is 0 Å². The second kappa shape index (κ2) is 5.27. The van der Waals surface area contributed by atoms with Crippen LogP contribution >= 0.6 is 11.6 Å². The van der Waals surface area contributed by atoms with E-state index in [1.807, 2.05) is 42.6 Å². The molecule has 0 atom stereocenters. The number of rotatable bonds is 3. The monoisotopic (exact) mass is 286 g/mol. The SMILES string of the molecule is CCc1c(-c2ccc(Cl)cc2)nc2cc(CO)ccn12. The van der Waals surface area contributed by atoms with Gasteiger partial charge in [-0.15, -0.1) is 0 Å². The van der Waals surface area contributed by atoms with Gasteiger partial charge in [-0.05, 0) is 36.2 Å². The molecule has 0 saturated heterocycles. The number of aromatic nitrogens is 2. The highest BCUT2D eigenvalue weighted by Crippen LogP contribution is 2.26. The second-order valence-electron chi connectivity index (χ2n) is 4.69. The van der Waals surface area contributed by atoms with E-state index in [0.717, 1.165) is 39.6 Å². The van der Waals surface area contributed by atoms with Crippen LogP contribution in [0.15, 0.2) is 42.6 Å². The largest absolute Gasteiger partial charge is 0.392 e. The van der Waals surface area contributed by atoms with Crippen LogP contribution in [-0.2, 0) is 13.0 Å². The van der Waals surface area contributed by atoms with Gasteiger partial charge in [0.25, 0.3) is 0 Å². The Labute approximate surface area is 122 Å². The van der Waals surface area contributed by atoms with Crippen LogP contribution < -0.4 is 0 Å². The van der Waals surface area contributed by atoms with E-state index in [-0.39, 0.29) is 6.61 Å². The van der Waals surface area contributed by atoms with E-state index >= 15 is 0 Å². The molecule has 0 fully saturated rings. The van der Waals surface area contributed by atoms with E-state index in [1.54, 1.807) is 0 Å². The van der Waals surface area contributed by atoms with Crippen LogP contribution in [0.4, 0.5) is 0 Å². The van der Waals surface area contributed by atoms with E-state index in [4.69, 9.17) is 16.6 Å². The number of pyridine rings is 1. The van der Waals surface area contributed by atoms with Crippen LogP contribution in [0, 0.1) is 0 Å². The number of aliphatic hydroxyl groups excluding tert-OH is 1. The Hall–Kier alpha value is -1.84. The Morgan fingerprint density at radius 2 is 1.95 bits per heavy atom. The van der Waals surface area contributed by atoms with Crippen molar-refractivity contribution in [2.75, 3.05) is 0 Å². The predicted octanol–water partition coefficient (Wildman–Crippen LogP) is 3.71. The number of benzene rings is 1. The first-order valence-corrected chi connectivity index (χ1v) is 6.97. The van der Waals surface area contributed by atoms with Gasteiger partial charge in [0.05, 0.1) is 18.0 Å². The molecule has 2 aromatic heterocycles. The number of aliphatic hydroxyl groups is 1. The molecule has 0 amide bonds. The van der Waals surface area contributed by atoms with Gasteiger partial charge in [-0.1, -0.05) is 30.7 Å². The first kappa shape index (κ1) is 13.2. The van der Waals surface area contributed by atoms with Gasteiger partial charge >= 0.3 is 0 Å². The van der Waals surface area contributed by atoms with Crippen molar-refractivity contribution in [2.45, 2.75) is 20.0 Å². The maximum absolute atomic E-state index is 9.23. The summed E-state index contributed by atoms with van der Waals surface area (Å²) in [5, 5.41) is 9.95. The molecule has 1 aromatic carbocycles. The van der Waals surface area contributed by atoms with Crippen molar-refractivity contribution in [3.63, 3.8) is 0 Å². The van der Waals surface area contributed by atoms with Crippen LogP contribution in [0.1, 0.15) is 18.2 Å². The standard InChI is InChI=1S/C16H15ClN2O/c1-2-14-16(12-3-5-13(17)6-4-12)18-15-9-11(10-20)7-8-19(14)15/h3-9,20H,2,10H2,1H3. The first-order valence-electron chi connectivity index (χ1n) is 6.59. The zero-order valence-electron chi connectivity index (χ0n) is 11.2. The Balaban J connectivity index is 2.21. The zero-order chi connectivity index (χ0) is 14.1. The maximum atomic E-state index is 9.23. The molecule has 0 unspecified atom stereocenters. The van der Waals surface area contributed by atoms with E-state index < -0.39 is 0 Å². The van der Waals surface area contributed by atoms with Crippen LogP contribution in [0.25, 0.3) is 16.9 Å². The molecule has 102 valence electrons. The minimum atomic E-state index is 0.0289. The molecule has 3 rings (SSSR count). The van der Waals surface area contributed by atoms with Gasteiger partial charge in [0, 0.05) is 16.8 Å². The fourth-order valence-electron chi connectivity index (χ4n) is 2.41. The number of fused-ring (bicyclic) bond motifs is 1. The van der Waals surface area contributed by atoms with Gasteiger partial charge in [0.1, 0.15) is 5.65 Å². The lowest BCUT2D eigenvalue weighted by atomic mass is 10.1. The molecule has 0 aliphatic rings. The molecule has 0 saturated carbocycles. The second-order valence-corrected chi connectivity index (χ2v) is 5.13. The van der Waals surface area contributed by atoms with E-state index in [2.05, 4.69) is 11.3 Å². The quantitative estimate of drug-likeness (QED) is 0.797. The van der Waals surface area contributed by atoms with E-state index in [9.17, 15) is 5.11 Å². The van der Waals surface area contributed by atoms with Gasteiger partial charge in [-0.2, -0.15) is 0 Å². The summed E-state index contributed by atoms with van der Waals surface area (Å²) in [7, 11) is 0. The number of hydrogen-bond donors (Lipinski definition) is 1. The average molecular weight is 287 g/mol. The number of aryl methyl sites for hydroxylation is 1. The summed E-state index contributed by atoms with van der Waals surface area (Å²) in [6.07, 6.45) is 2.85. The topological polar surface area (TPSA) is 37.5 Å². The molecule has 20 heavy (non-hydrogen) atoms. The molecule has 1 N–H and O–H groups in total. The van der Waals surface area contributed by atoms with Crippen LogP contribution in [0.5, 0.6) is 0 Å². The minimum Gasteiger partial charge on any atom is -0.392 e. The van der Waals surface area contributed by atoms with Crippen molar-refractivity contribution in [1.29, 1.82) is 0 Å². The predicted molar refractivity (Wildman–Crippen MR) is 80.9 cm³/mol. The lowest BCUT2D eigenvalue weighted by Crippen LogP contribution is -1.93. The van der Waals surface area contributed by atoms with Gasteiger partial charge in [0.15, 0.2) is 0 Å². The molecule has 0 aliphatic heterocycles. The number of hydrogen-bond acceptors (Lipinski definition) is 2. The summed E-state index contributed by atoms with van der Waals surface area (Å²) in [4.78, 5) is 4.70. The third-order valence-electron chi connectivity index (χ3n) is 3.42. The number of imidazole rings is 1. The molecule has 4 heteroatoms. The summed E-state index contributed by atoms with van der Waals surface area (Å²) in [6, 6.07) is 11.5. The highest BCUT2D eigenvalue weighted by atomic mass is 35.5. The van der Waals surface area contributed by atoms with Crippen molar-refractivity contribution in [3.8, 4) is 11.3 Å². The van der Waals surface area contributed by atoms with Gasteiger partial charge in [-0.3, -0.25) is 0 Å². The Morgan fingerprint density at radius 3 is 2.60 bits per heavy atom. The van der Waals surface area contributed by atoms with Crippen molar-refractivity contribution in [2.24, 2.45) is 0 Å². The van der Waals surface area contributed by atoms with Crippen molar-refractivity contribution in [1.82, 2.24) is 9.38 Å². The van der Waals surface area contributed by atoms with Crippen molar-refractivity contribution >= 4 is 17.2 Å². The molecule has 2 heterocycles. The van der Waals surface area contributed by atoms with Crippen molar-refractivity contribution < 1.29 is 5.11 Å². The molecule has 3 aromatic rings. The molecule has 0 bridgehead atoms. The number of nitrogens with zero attached hydrogens (tertiary/aromatic N) is 2. The lowest BCUT2D eigenvalue weighted by Gasteiger charge is -2.03. The van der Waals surface area contributed by atoms with Crippen LogP contribution in [0.2, 0.25) is 5.02 Å². The highest BCUT2D eigenvalue weighted by molar-refractivity contribution is 6.30. The summed E-state index contributed by atoms with van der Waals surface area (Å²) in [5.74, 6) is 0. The first-order chi connectivity index (χ1) is 9.72. The van der Waals surface area contributed by atoms with Crippen molar-refractivity contribution in [3.05, 3.63) is 58.9 Å². The maximum Gasteiger partial charge on any atom is 0.138 e. The van der Waals surface area contributed by atoms with E-state index in [0.29, 0.717) is 0 Å². The summed E-state index contributed by atoms with van der Waals surface area (Å²) >= 11 is 5.94. The van der Waals surface area contributed by atoms with Gasteiger partial charge in [-0.25, -0.2) is 4.98 Å². The molecule has 0 radical (unpaired) electrons. The summed E-state index contributed by atoms with van der Waals surface area (Å²) < 4.78 is 2.07. The molecular weight excluding hydrogens is 272 g/mol. The minimum absolute atomic E-state index is 0.0289. The molecule has 0 aliphatic carbocycles. The van der Waals surface area contributed by atoms with Gasteiger partial charge < -0.3 is 9.51 Å². The Morgan fingerprint density at radius 1 is 1.20 bits per heavy atom. The highest BCUT2D eigenvalue weighted by Gasteiger charge is 2.12. The third-order valence-corrected chi connectivity index (χ3v) is 3.68. The Bertz CT molecular complexity index is 747. The summed E-state index contributed by atoms with van der Waals surface area (Å²) in [5.41, 5.74) is 4.91. The third kappa shape index (κ3) is 2.19. The average Bonchev–Trinajstić information content (AvgIpc) is 2.85. The molecule has 0 spiro atoms. The Kier molecular flexibility index (Phi) is 3.47. The smallest absolute Gasteiger partial charge is 0.138 e.